The minimum atomic E-state index is 0.623. The molecule has 0 aromatic rings. The fraction of sp³-hybridized carbons (Fsp3) is 1.00. The van der Waals surface area contributed by atoms with Crippen molar-refractivity contribution in [3.8, 4) is 0 Å². The number of nitrogens with one attached hydrogen (secondary N) is 1. The first-order valence-corrected chi connectivity index (χ1v) is 8.00. The predicted molar refractivity (Wildman–Crippen MR) is 47.2 cm³/mol. The van der Waals surface area contributed by atoms with Gasteiger partial charge in [0.15, 0.2) is 0 Å². The molecule has 72 valence electrons. The SMILES string of the molecule is C1CN(C2CC[I-]CC2)CCN1. The van der Waals surface area contributed by atoms with Crippen LogP contribution in [0.4, 0.5) is 0 Å². The van der Waals surface area contributed by atoms with Crippen LogP contribution in [0.5, 0.6) is 0 Å². The fourth-order valence-electron chi connectivity index (χ4n) is 2.06. The van der Waals surface area contributed by atoms with Crippen LogP contribution < -0.4 is 26.5 Å². The number of alkyl halides is 2. The van der Waals surface area contributed by atoms with Crippen LogP contribution in [-0.4, -0.2) is 46.0 Å². The topological polar surface area (TPSA) is 15.3 Å². The van der Waals surface area contributed by atoms with E-state index in [2.05, 4.69) is 10.2 Å². The summed E-state index contributed by atoms with van der Waals surface area (Å²) in [5.74, 6) is 0. The summed E-state index contributed by atoms with van der Waals surface area (Å²) in [6.45, 7) is 5.02. The molecule has 2 heterocycles. The van der Waals surface area contributed by atoms with Crippen molar-refractivity contribution in [1.29, 1.82) is 0 Å². The molecule has 2 rings (SSSR count). The Morgan fingerprint density at radius 1 is 1.08 bits per heavy atom. The second-order valence-corrected chi connectivity index (χ2v) is 6.82. The Morgan fingerprint density at radius 3 is 2.42 bits per heavy atom. The van der Waals surface area contributed by atoms with Crippen molar-refractivity contribution in [2.24, 2.45) is 0 Å². The van der Waals surface area contributed by atoms with Gasteiger partial charge < -0.3 is 0 Å². The van der Waals surface area contributed by atoms with Crippen LogP contribution in [0.2, 0.25) is 0 Å². The summed E-state index contributed by atoms with van der Waals surface area (Å²) < 4.78 is 3.15. The summed E-state index contributed by atoms with van der Waals surface area (Å²) >= 11 is 0.623. The molecule has 12 heavy (non-hydrogen) atoms. The van der Waals surface area contributed by atoms with Crippen LogP contribution in [0.3, 0.4) is 0 Å². The third-order valence-corrected chi connectivity index (χ3v) is 5.59. The van der Waals surface area contributed by atoms with E-state index in [0.29, 0.717) is 21.2 Å². The van der Waals surface area contributed by atoms with E-state index in [1.807, 2.05) is 0 Å². The van der Waals surface area contributed by atoms with Crippen molar-refractivity contribution in [1.82, 2.24) is 10.2 Å². The summed E-state index contributed by atoms with van der Waals surface area (Å²) in [6.07, 6.45) is 3.01. The van der Waals surface area contributed by atoms with Crippen molar-refractivity contribution in [3.05, 3.63) is 0 Å². The molecule has 0 aromatic heterocycles. The summed E-state index contributed by atoms with van der Waals surface area (Å²) in [6, 6.07) is 0.959. The first-order valence-electron chi connectivity index (χ1n) is 4.95. The number of nitrogens with zero attached hydrogens (tertiary/aromatic N) is 1. The molecule has 2 nitrogen and oxygen atoms in total. The number of hydrogen-bond donors (Lipinski definition) is 1. The molecule has 0 spiro atoms. The van der Waals surface area contributed by atoms with Gasteiger partial charge in [-0.1, -0.05) is 0 Å². The van der Waals surface area contributed by atoms with Gasteiger partial charge in [-0.25, -0.2) is 0 Å². The van der Waals surface area contributed by atoms with Gasteiger partial charge in [0.2, 0.25) is 0 Å². The van der Waals surface area contributed by atoms with Crippen LogP contribution in [0, 0.1) is 0 Å². The van der Waals surface area contributed by atoms with E-state index in [1.165, 1.54) is 39.0 Å². The molecule has 1 N–H and O–H groups in total. The zero-order valence-corrected chi connectivity index (χ0v) is 9.72. The average Bonchev–Trinajstić information content (AvgIpc) is 2.21. The van der Waals surface area contributed by atoms with E-state index >= 15 is 0 Å². The van der Waals surface area contributed by atoms with Crippen LogP contribution in [0.1, 0.15) is 12.8 Å². The van der Waals surface area contributed by atoms with Crippen molar-refractivity contribution in [2.75, 3.05) is 35.0 Å². The van der Waals surface area contributed by atoms with Gasteiger partial charge in [-0.15, -0.1) is 0 Å². The molecule has 0 aliphatic carbocycles. The van der Waals surface area contributed by atoms with Crippen molar-refractivity contribution >= 4 is 0 Å². The Morgan fingerprint density at radius 2 is 1.75 bits per heavy atom. The van der Waals surface area contributed by atoms with Crippen LogP contribution in [0.15, 0.2) is 0 Å². The maximum atomic E-state index is 3.42. The molecule has 0 atom stereocenters. The van der Waals surface area contributed by atoms with Gasteiger partial charge in [0.1, 0.15) is 0 Å². The number of halogens is 1. The Hall–Kier alpha value is 0.650. The molecule has 3 heteroatoms. The molecule has 0 radical (unpaired) electrons. The van der Waals surface area contributed by atoms with E-state index in [1.54, 1.807) is 8.86 Å². The fourth-order valence-corrected chi connectivity index (χ4v) is 4.92. The van der Waals surface area contributed by atoms with Crippen molar-refractivity contribution < 1.29 is 21.2 Å². The molecule has 2 aliphatic heterocycles. The summed E-state index contributed by atoms with van der Waals surface area (Å²) in [5.41, 5.74) is 0. The van der Waals surface area contributed by atoms with Crippen molar-refractivity contribution in [3.63, 3.8) is 0 Å². The zero-order valence-electron chi connectivity index (χ0n) is 7.56. The first-order chi connectivity index (χ1) is 5.97. The van der Waals surface area contributed by atoms with Crippen LogP contribution in [0.25, 0.3) is 0 Å². The number of piperazine rings is 1. The van der Waals surface area contributed by atoms with Crippen molar-refractivity contribution in [2.45, 2.75) is 18.9 Å². The minimum absolute atomic E-state index is 0.623. The third kappa shape index (κ3) is 2.33. The van der Waals surface area contributed by atoms with Gasteiger partial charge in [0, 0.05) is 0 Å². The van der Waals surface area contributed by atoms with E-state index in [0.717, 1.165) is 6.04 Å². The molecule has 2 aliphatic rings. The Bertz CT molecular complexity index is 112. The quantitative estimate of drug-likeness (QED) is 0.411. The maximum absolute atomic E-state index is 3.42. The molecule has 2 saturated heterocycles. The predicted octanol–water partition coefficient (Wildman–Crippen LogP) is -2.86. The molecule has 2 fully saturated rings. The zero-order chi connectivity index (χ0) is 8.23. The van der Waals surface area contributed by atoms with E-state index in [9.17, 15) is 0 Å². The molecule has 0 aromatic carbocycles. The second-order valence-electron chi connectivity index (χ2n) is 3.58. The Balaban J connectivity index is 1.80. The number of rotatable bonds is 1. The summed E-state index contributed by atoms with van der Waals surface area (Å²) in [4.78, 5) is 2.71. The summed E-state index contributed by atoms with van der Waals surface area (Å²) in [7, 11) is 0. The van der Waals surface area contributed by atoms with Crippen LogP contribution in [-0.2, 0) is 0 Å². The first kappa shape index (κ1) is 9.21. The van der Waals surface area contributed by atoms with E-state index in [-0.39, 0.29) is 0 Å². The van der Waals surface area contributed by atoms with Crippen LogP contribution >= 0.6 is 0 Å². The van der Waals surface area contributed by atoms with Gasteiger partial charge in [-0.05, 0) is 0 Å². The van der Waals surface area contributed by atoms with E-state index in [4.69, 9.17) is 0 Å². The second kappa shape index (κ2) is 4.77. The summed E-state index contributed by atoms with van der Waals surface area (Å²) in [5, 5.41) is 3.42. The van der Waals surface area contributed by atoms with Gasteiger partial charge in [0.05, 0.1) is 0 Å². The van der Waals surface area contributed by atoms with Gasteiger partial charge in [0.25, 0.3) is 0 Å². The Labute approximate surface area is 85.3 Å². The molecular formula is C9H18IN2-. The normalized spacial score (nSPS) is 29.7. The molecule has 0 bridgehead atoms. The molecular weight excluding hydrogens is 263 g/mol. The molecule has 0 unspecified atom stereocenters. The van der Waals surface area contributed by atoms with E-state index < -0.39 is 0 Å². The van der Waals surface area contributed by atoms with Gasteiger partial charge in [-0.3, -0.25) is 0 Å². The van der Waals surface area contributed by atoms with Gasteiger partial charge >= 0.3 is 85.3 Å². The Kier molecular flexibility index (Phi) is 3.66. The molecule has 0 saturated carbocycles. The standard InChI is InChI=1S/C9H18IN2/c1-3-10-4-2-9(1)12-7-5-11-6-8-12/h9,11H,1-8H2/q-1. The number of hydrogen-bond acceptors (Lipinski definition) is 2. The third-order valence-electron chi connectivity index (χ3n) is 2.82. The molecule has 0 amide bonds. The van der Waals surface area contributed by atoms with Gasteiger partial charge in [-0.2, -0.15) is 0 Å². The average molecular weight is 281 g/mol. The monoisotopic (exact) mass is 281 g/mol.